The third-order valence-corrected chi connectivity index (χ3v) is 3.68. The van der Waals surface area contributed by atoms with Gasteiger partial charge in [-0.15, -0.1) is 0 Å². The van der Waals surface area contributed by atoms with Crippen LogP contribution in [-0.4, -0.2) is 0 Å². The molecule has 0 spiro atoms. The predicted molar refractivity (Wildman–Crippen MR) is 88.0 cm³/mol. The quantitative estimate of drug-likeness (QED) is 0.419. The summed E-state index contributed by atoms with van der Waals surface area (Å²) < 4.78 is 6.04. The molecular formula is C20H14O. The highest BCUT2D eigenvalue weighted by atomic mass is 16.5. The second-order valence-corrected chi connectivity index (χ2v) is 5.09. The molecule has 0 N–H and O–H groups in total. The van der Waals surface area contributed by atoms with Crippen LogP contribution in [0.15, 0.2) is 84.9 Å². The molecule has 4 rings (SSSR count). The molecule has 0 radical (unpaired) electrons. The fraction of sp³-hybridized carbons (Fsp3) is 0. The smallest absolute Gasteiger partial charge is 0.135 e. The van der Waals surface area contributed by atoms with Crippen LogP contribution < -0.4 is 4.74 Å². The van der Waals surface area contributed by atoms with E-state index in [1.165, 1.54) is 16.2 Å². The van der Waals surface area contributed by atoms with E-state index in [-0.39, 0.29) is 0 Å². The summed E-state index contributed by atoms with van der Waals surface area (Å²) in [5.74, 6) is 1.75. The van der Waals surface area contributed by atoms with Gasteiger partial charge in [0, 0.05) is 5.39 Å². The van der Waals surface area contributed by atoms with Gasteiger partial charge in [0.15, 0.2) is 0 Å². The summed E-state index contributed by atoms with van der Waals surface area (Å²) in [6.07, 6.45) is 0. The summed E-state index contributed by atoms with van der Waals surface area (Å²) in [5, 5.41) is 4.82. The van der Waals surface area contributed by atoms with Gasteiger partial charge >= 0.3 is 0 Å². The maximum Gasteiger partial charge on any atom is 0.135 e. The standard InChI is InChI=1S/C20H14O/c1-2-10-18(11-3-1)21-20-12-6-9-17-13-15-7-4-5-8-16(15)14-19(17)20/h1-14H. The Hall–Kier alpha value is -2.80. The average Bonchev–Trinajstić information content (AvgIpc) is 2.54. The van der Waals surface area contributed by atoms with Crippen LogP contribution in [0.1, 0.15) is 0 Å². The van der Waals surface area contributed by atoms with E-state index in [9.17, 15) is 0 Å². The number of benzene rings is 4. The van der Waals surface area contributed by atoms with Gasteiger partial charge < -0.3 is 4.74 Å². The number of para-hydroxylation sites is 1. The first kappa shape index (κ1) is 12.0. The SMILES string of the molecule is c1ccc(Oc2cccc3cc4ccccc4cc23)cc1. The zero-order valence-corrected chi connectivity index (χ0v) is 11.5. The number of rotatable bonds is 2. The molecule has 0 saturated heterocycles. The van der Waals surface area contributed by atoms with E-state index in [0.717, 1.165) is 16.9 Å². The molecule has 1 nitrogen and oxygen atoms in total. The predicted octanol–water partition coefficient (Wildman–Crippen LogP) is 5.79. The number of fused-ring (bicyclic) bond motifs is 2. The van der Waals surface area contributed by atoms with E-state index in [2.05, 4.69) is 42.5 Å². The molecule has 0 bridgehead atoms. The fourth-order valence-corrected chi connectivity index (χ4v) is 2.64. The summed E-state index contributed by atoms with van der Waals surface area (Å²) >= 11 is 0. The molecule has 0 saturated carbocycles. The van der Waals surface area contributed by atoms with Crippen molar-refractivity contribution in [2.45, 2.75) is 0 Å². The molecule has 0 aliphatic heterocycles. The summed E-state index contributed by atoms with van der Waals surface area (Å²) in [6.45, 7) is 0. The molecule has 0 aromatic heterocycles. The average molecular weight is 270 g/mol. The monoisotopic (exact) mass is 270 g/mol. The number of ether oxygens (including phenoxy) is 1. The van der Waals surface area contributed by atoms with Crippen molar-refractivity contribution in [1.82, 2.24) is 0 Å². The van der Waals surface area contributed by atoms with Gasteiger partial charge in [0.05, 0.1) is 0 Å². The van der Waals surface area contributed by atoms with Crippen molar-refractivity contribution in [3.05, 3.63) is 84.9 Å². The zero-order chi connectivity index (χ0) is 14.1. The second-order valence-electron chi connectivity index (χ2n) is 5.09. The maximum absolute atomic E-state index is 6.04. The largest absolute Gasteiger partial charge is 0.457 e. The van der Waals surface area contributed by atoms with Crippen LogP contribution in [0.5, 0.6) is 11.5 Å². The van der Waals surface area contributed by atoms with Gasteiger partial charge in [-0.05, 0) is 46.5 Å². The Morgan fingerprint density at radius 3 is 2.00 bits per heavy atom. The van der Waals surface area contributed by atoms with Crippen molar-refractivity contribution in [3.63, 3.8) is 0 Å². The molecule has 21 heavy (non-hydrogen) atoms. The van der Waals surface area contributed by atoms with E-state index in [4.69, 9.17) is 4.74 Å². The van der Waals surface area contributed by atoms with Crippen molar-refractivity contribution in [3.8, 4) is 11.5 Å². The highest BCUT2D eigenvalue weighted by Crippen LogP contribution is 2.32. The van der Waals surface area contributed by atoms with E-state index in [1.807, 2.05) is 42.5 Å². The van der Waals surface area contributed by atoms with Crippen molar-refractivity contribution in [1.29, 1.82) is 0 Å². The molecule has 0 heterocycles. The van der Waals surface area contributed by atoms with E-state index < -0.39 is 0 Å². The first-order valence-corrected chi connectivity index (χ1v) is 7.04. The molecule has 4 aromatic rings. The van der Waals surface area contributed by atoms with Crippen LogP contribution in [0.25, 0.3) is 21.5 Å². The van der Waals surface area contributed by atoms with Crippen LogP contribution in [0, 0.1) is 0 Å². The zero-order valence-electron chi connectivity index (χ0n) is 11.5. The van der Waals surface area contributed by atoms with Gasteiger partial charge in [0.1, 0.15) is 11.5 Å². The van der Waals surface area contributed by atoms with Crippen LogP contribution in [0.3, 0.4) is 0 Å². The Kier molecular flexibility index (Phi) is 2.82. The van der Waals surface area contributed by atoms with Gasteiger partial charge in [0.2, 0.25) is 0 Å². The Labute approximate surface area is 123 Å². The van der Waals surface area contributed by atoms with Crippen LogP contribution in [0.4, 0.5) is 0 Å². The fourth-order valence-electron chi connectivity index (χ4n) is 2.64. The van der Waals surface area contributed by atoms with Gasteiger partial charge in [0.25, 0.3) is 0 Å². The Balaban J connectivity index is 1.90. The van der Waals surface area contributed by atoms with Gasteiger partial charge in [-0.2, -0.15) is 0 Å². The molecule has 0 fully saturated rings. The molecule has 100 valence electrons. The summed E-state index contributed by atoms with van der Waals surface area (Å²) in [4.78, 5) is 0. The molecule has 0 amide bonds. The third-order valence-electron chi connectivity index (χ3n) is 3.68. The Bertz CT molecular complexity index is 910. The molecule has 1 heteroatoms. The summed E-state index contributed by atoms with van der Waals surface area (Å²) in [5.41, 5.74) is 0. The van der Waals surface area contributed by atoms with E-state index in [0.29, 0.717) is 0 Å². The summed E-state index contributed by atoms with van der Waals surface area (Å²) in [7, 11) is 0. The molecule has 0 atom stereocenters. The van der Waals surface area contributed by atoms with Gasteiger partial charge in [-0.3, -0.25) is 0 Å². The molecule has 0 aliphatic rings. The lowest BCUT2D eigenvalue weighted by atomic mass is 10.0. The van der Waals surface area contributed by atoms with E-state index in [1.54, 1.807) is 0 Å². The van der Waals surface area contributed by atoms with Gasteiger partial charge in [-0.25, -0.2) is 0 Å². The molecule has 0 unspecified atom stereocenters. The highest BCUT2D eigenvalue weighted by molar-refractivity contribution is 6.00. The Morgan fingerprint density at radius 2 is 1.19 bits per heavy atom. The first-order chi connectivity index (χ1) is 10.4. The maximum atomic E-state index is 6.04. The molecular weight excluding hydrogens is 256 g/mol. The van der Waals surface area contributed by atoms with Crippen LogP contribution in [0.2, 0.25) is 0 Å². The minimum Gasteiger partial charge on any atom is -0.457 e. The minimum atomic E-state index is 0.859. The topological polar surface area (TPSA) is 9.23 Å². The Morgan fingerprint density at radius 1 is 0.524 bits per heavy atom. The lowest BCUT2D eigenvalue weighted by Gasteiger charge is -2.10. The number of hydrogen-bond donors (Lipinski definition) is 0. The third kappa shape index (κ3) is 2.23. The lowest BCUT2D eigenvalue weighted by Crippen LogP contribution is -1.86. The second kappa shape index (κ2) is 4.95. The summed E-state index contributed by atoms with van der Waals surface area (Å²) in [6, 6.07) is 28.9. The van der Waals surface area contributed by atoms with E-state index >= 15 is 0 Å². The van der Waals surface area contributed by atoms with Crippen LogP contribution in [-0.2, 0) is 0 Å². The first-order valence-electron chi connectivity index (χ1n) is 7.04. The van der Waals surface area contributed by atoms with Crippen molar-refractivity contribution < 1.29 is 4.74 Å². The van der Waals surface area contributed by atoms with Crippen molar-refractivity contribution in [2.24, 2.45) is 0 Å². The lowest BCUT2D eigenvalue weighted by molar-refractivity contribution is 0.488. The van der Waals surface area contributed by atoms with Gasteiger partial charge in [-0.1, -0.05) is 54.6 Å². The normalized spacial score (nSPS) is 10.9. The number of hydrogen-bond acceptors (Lipinski definition) is 1. The van der Waals surface area contributed by atoms with Crippen molar-refractivity contribution >= 4 is 21.5 Å². The molecule has 0 aliphatic carbocycles. The molecule has 4 aromatic carbocycles. The van der Waals surface area contributed by atoms with Crippen LogP contribution >= 0.6 is 0 Å². The van der Waals surface area contributed by atoms with Crippen molar-refractivity contribution in [2.75, 3.05) is 0 Å². The highest BCUT2D eigenvalue weighted by Gasteiger charge is 2.05. The minimum absolute atomic E-state index is 0.859.